The van der Waals surface area contributed by atoms with Gasteiger partial charge in [-0.25, -0.2) is 14.4 Å². The number of piperidine rings is 1. The first-order chi connectivity index (χ1) is 17.5. The lowest BCUT2D eigenvalue weighted by Crippen LogP contribution is -2.41. The Bertz CT molecular complexity index is 1140. The second kappa shape index (κ2) is 13.0. The Labute approximate surface area is 215 Å². The van der Waals surface area contributed by atoms with Crippen molar-refractivity contribution in [1.29, 1.82) is 0 Å². The molecule has 2 aromatic heterocycles. The molecule has 3 heterocycles. The Morgan fingerprint density at radius 2 is 2.11 bits per heavy atom. The van der Waals surface area contributed by atoms with E-state index in [4.69, 9.17) is 4.74 Å². The predicted octanol–water partition coefficient (Wildman–Crippen LogP) is 5.42. The summed E-state index contributed by atoms with van der Waals surface area (Å²) < 4.78 is 20.8. The number of benzene rings is 1. The summed E-state index contributed by atoms with van der Waals surface area (Å²) in [6, 6.07) is 9.19. The average molecular weight is 513 g/mol. The lowest BCUT2D eigenvalue weighted by molar-refractivity contribution is -0.137. The summed E-state index contributed by atoms with van der Waals surface area (Å²) >= 11 is 1.70. The number of hydrogen-bond acceptors (Lipinski definition) is 7. The number of carboxylic acid groups (broad SMARTS) is 1. The van der Waals surface area contributed by atoms with Gasteiger partial charge in [0.2, 0.25) is 0 Å². The van der Waals surface area contributed by atoms with E-state index in [9.17, 15) is 9.90 Å². The molecule has 0 aliphatic carbocycles. The summed E-state index contributed by atoms with van der Waals surface area (Å²) in [4.78, 5) is 26.3. The molecule has 0 bridgehead atoms. The first-order valence-corrected chi connectivity index (χ1v) is 13.4. The van der Waals surface area contributed by atoms with Crippen LogP contribution in [0, 0.1) is 11.8 Å². The molecule has 3 aromatic rings. The number of ether oxygens (including phenoxy) is 1. The van der Waals surface area contributed by atoms with Crippen LogP contribution in [0.5, 0.6) is 5.75 Å². The number of likely N-dealkylation sites (tertiary alicyclic amines) is 1. The summed E-state index contributed by atoms with van der Waals surface area (Å²) in [6.07, 6.45) is 6.73. The lowest BCUT2D eigenvalue weighted by atomic mass is 9.79. The quantitative estimate of drug-likeness (QED) is 0.254. The van der Waals surface area contributed by atoms with Crippen molar-refractivity contribution in [2.75, 3.05) is 32.5 Å². The minimum atomic E-state index is -1.11. The molecule has 1 N–H and O–H groups in total. The van der Waals surface area contributed by atoms with Crippen LogP contribution in [0.4, 0.5) is 4.39 Å². The maximum absolute atomic E-state index is 15.5. The minimum absolute atomic E-state index is 0.151. The number of thioether (sulfide) groups is 1. The molecule has 1 aliphatic rings. The monoisotopic (exact) mass is 512 g/mol. The van der Waals surface area contributed by atoms with Gasteiger partial charge in [-0.2, -0.15) is 0 Å². The first-order valence-electron chi connectivity index (χ1n) is 12.4. The number of nitrogens with zero attached hydrogens (tertiary/aromatic N) is 4. The molecular formula is C27H33FN4O3S. The molecule has 0 radical (unpaired) electrons. The van der Waals surface area contributed by atoms with Crippen molar-refractivity contribution in [2.24, 2.45) is 11.8 Å². The topological polar surface area (TPSA) is 88.4 Å². The fourth-order valence-electron chi connectivity index (χ4n) is 5.08. The van der Waals surface area contributed by atoms with Gasteiger partial charge in [-0.15, -0.1) is 11.8 Å². The van der Waals surface area contributed by atoms with Crippen molar-refractivity contribution in [3.05, 3.63) is 54.6 Å². The normalized spacial score (nSPS) is 19.3. The van der Waals surface area contributed by atoms with Crippen LogP contribution in [0.1, 0.15) is 43.8 Å². The van der Waals surface area contributed by atoms with Crippen molar-refractivity contribution >= 4 is 28.6 Å². The van der Waals surface area contributed by atoms with E-state index in [1.165, 1.54) is 0 Å². The Hall–Kier alpha value is -2.78. The van der Waals surface area contributed by atoms with Crippen molar-refractivity contribution in [3.8, 4) is 5.75 Å². The molecule has 1 saturated heterocycles. The van der Waals surface area contributed by atoms with Crippen LogP contribution in [0.3, 0.4) is 0 Å². The van der Waals surface area contributed by atoms with E-state index < -0.39 is 12.1 Å². The molecule has 0 amide bonds. The van der Waals surface area contributed by atoms with E-state index in [2.05, 4.69) is 19.9 Å². The molecular weight excluding hydrogens is 479 g/mol. The molecule has 9 heteroatoms. The number of methoxy groups -OCH3 is 1. The second-order valence-electron chi connectivity index (χ2n) is 9.27. The molecule has 0 spiro atoms. The maximum Gasteiger partial charge on any atom is 0.303 e. The summed E-state index contributed by atoms with van der Waals surface area (Å²) in [5, 5.41) is 11.0. The van der Waals surface area contributed by atoms with E-state index >= 15 is 4.39 Å². The van der Waals surface area contributed by atoms with Gasteiger partial charge in [0, 0.05) is 43.0 Å². The molecule has 192 valence electrons. The zero-order valence-electron chi connectivity index (χ0n) is 20.6. The number of aromatic nitrogens is 3. The molecule has 1 fully saturated rings. The molecule has 4 rings (SSSR count). The number of hydrogen-bond donors (Lipinski definition) is 1. The minimum Gasteiger partial charge on any atom is -0.497 e. The number of carbonyl (C=O) groups is 1. The van der Waals surface area contributed by atoms with Gasteiger partial charge >= 0.3 is 5.97 Å². The highest BCUT2D eigenvalue weighted by atomic mass is 32.2. The largest absolute Gasteiger partial charge is 0.497 e. The van der Waals surface area contributed by atoms with Gasteiger partial charge in [0.25, 0.3) is 0 Å². The number of carboxylic acids is 1. The van der Waals surface area contributed by atoms with Crippen LogP contribution < -0.4 is 4.74 Å². The molecule has 0 saturated carbocycles. The van der Waals surface area contributed by atoms with Crippen LogP contribution in [0.2, 0.25) is 0 Å². The van der Waals surface area contributed by atoms with Crippen molar-refractivity contribution < 1.29 is 19.0 Å². The number of aliphatic carboxylic acids is 1. The highest BCUT2D eigenvalue weighted by molar-refractivity contribution is 7.99. The molecule has 1 aliphatic heterocycles. The van der Waals surface area contributed by atoms with Crippen molar-refractivity contribution in [2.45, 2.75) is 43.3 Å². The molecule has 7 nitrogen and oxygen atoms in total. The smallest absolute Gasteiger partial charge is 0.303 e. The number of halogens is 1. The zero-order valence-corrected chi connectivity index (χ0v) is 21.4. The van der Waals surface area contributed by atoms with E-state index in [1.54, 1.807) is 43.7 Å². The van der Waals surface area contributed by atoms with Gasteiger partial charge in [-0.05, 0) is 80.0 Å². The lowest BCUT2D eigenvalue weighted by Gasteiger charge is -2.39. The van der Waals surface area contributed by atoms with Crippen molar-refractivity contribution in [1.82, 2.24) is 19.9 Å². The Morgan fingerprint density at radius 1 is 1.22 bits per heavy atom. The Morgan fingerprint density at radius 3 is 2.89 bits per heavy atom. The van der Waals surface area contributed by atoms with Crippen LogP contribution >= 0.6 is 11.8 Å². The van der Waals surface area contributed by atoms with Gasteiger partial charge in [-0.3, -0.25) is 9.78 Å². The number of pyridine rings is 1. The van der Waals surface area contributed by atoms with E-state index in [-0.39, 0.29) is 12.3 Å². The maximum atomic E-state index is 15.5. The highest BCUT2D eigenvalue weighted by Gasteiger charge is 2.30. The third-order valence-electron chi connectivity index (χ3n) is 7.03. The van der Waals surface area contributed by atoms with Gasteiger partial charge < -0.3 is 14.7 Å². The van der Waals surface area contributed by atoms with E-state index in [0.29, 0.717) is 30.1 Å². The molecule has 36 heavy (non-hydrogen) atoms. The van der Waals surface area contributed by atoms with Gasteiger partial charge in [-0.1, -0.05) is 0 Å². The predicted molar refractivity (Wildman–Crippen MR) is 139 cm³/mol. The summed E-state index contributed by atoms with van der Waals surface area (Å²) in [6.45, 7) is 2.72. The first kappa shape index (κ1) is 26.3. The fraction of sp³-hybridized carbons (Fsp3) is 0.481. The van der Waals surface area contributed by atoms with Crippen molar-refractivity contribution in [3.63, 3.8) is 0 Å². The number of rotatable bonds is 12. The number of fused-ring (bicyclic) bond motifs is 1. The molecule has 3 atom stereocenters. The van der Waals surface area contributed by atoms with Gasteiger partial charge in [0.15, 0.2) is 0 Å². The zero-order chi connectivity index (χ0) is 25.3. The number of alkyl halides is 1. The van der Waals surface area contributed by atoms with E-state index in [0.717, 1.165) is 54.2 Å². The molecule has 1 aromatic carbocycles. The Balaban J connectivity index is 1.35. The van der Waals surface area contributed by atoms with Gasteiger partial charge in [0.05, 0.1) is 17.7 Å². The highest BCUT2D eigenvalue weighted by Crippen LogP contribution is 2.36. The third-order valence-corrected chi connectivity index (χ3v) is 7.95. The second-order valence-corrected chi connectivity index (χ2v) is 10.4. The van der Waals surface area contributed by atoms with Crippen LogP contribution in [0.25, 0.3) is 10.9 Å². The summed E-state index contributed by atoms with van der Waals surface area (Å²) in [5.41, 5.74) is 1.39. The van der Waals surface area contributed by atoms with Crippen LogP contribution in [-0.4, -0.2) is 63.4 Å². The third kappa shape index (κ3) is 7.13. The average Bonchev–Trinajstić information content (AvgIpc) is 2.91. The SMILES string of the molecule is COc1ccc2nccc([C@H](F)CC[C@@H]3CCN(CCSc4ccncn4)C[C@H]3CCC(=O)O)c2c1. The molecule has 0 unspecified atom stereocenters. The van der Waals surface area contributed by atoms with Crippen LogP contribution in [-0.2, 0) is 4.79 Å². The summed E-state index contributed by atoms with van der Waals surface area (Å²) in [7, 11) is 1.60. The summed E-state index contributed by atoms with van der Waals surface area (Å²) in [5.74, 6) is 1.39. The van der Waals surface area contributed by atoms with Gasteiger partial charge in [0.1, 0.15) is 18.2 Å². The fourth-order valence-corrected chi connectivity index (χ4v) is 5.92. The van der Waals surface area contributed by atoms with E-state index in [1.807, 2.05) is 24.3 Å². The Kier molecular flexibility index (Phi) is 9.47. The standard InChI is InChI=1S/C27H33FN4O3S/c1-35-21-4-6-25-23(16-21)22(8-12-30-25)24(28)5-2-19-10-13-32(17-20(19)3-7-27(33)34)14-15-36-26-9-11-29-18-31-26/h4,6,8-9,11-12,16,18-20,24H,2-3,5,7,10,13-15,17H2,1H3,(H,33,34)/t19-,20-,24-/m1/s1. The van der Waals surface area contributed by atoms with Crippen LogP contribution in [0.15, 0.2) is 54.1 Å².